The fourth-order valence-corrected chi connectivity index (χ4v) is 3.62. The summed E-state index contributed by atoms with van der Waals surface area (Å²) in [6.07, 6.45) is 7.14. The molecule has 124 valence electrons. The van der Waals surface area contributed by atoms with Crippen LogP contribution in [0.15, 0.2) is 48.9 Å². The predicted molar refractivity (Wildman–Crippen MR) is 89.8 cm³/mol. The molecule has 0 saturated carbocycles. The van der Waals surface area contributed by atoms with Crippen LogP contribution >= 0.6 is 0 Å². The van der Waals surface area contributed by atoms with Gasteiger partial charge in [0.05, 0.1) is 23.8 Å². The first-order valence-electron chi connectivity index (χ1n) is 8.33. The Morgan fingerprint density at radius 1 is 1.25 bits per heavy atom. The molecule has 2 saturated heterocycles. The summed E-state index contributed by atoms with van der Waals surface area (Å²) in [5, 5.41) is 3.12. The third-order valence-electron chi connectivity index (χ3n) is 4.71. The van der Waals surface area contributed by atoms with Gasteiger partial charge in [-0.25, -0.2) is 4.98 Å². The van der Waals surface area contributed by atoms with E-state index in [-0.39, 0.29) is 24.1 Å². The van der Waals surface area contributed by atoms with Crippen LogP contribution in [0.4, 0.5) is 5.82 Å². The summed E-state index contributed by atoms with van der Waals surface area (Å²) in [5.74, 6) is 0.833. The topological polar surface area (TPSA) is 67.4 Å². The van der Waals surface area contributed by atoms with Gasteiger partial charge in [-0.2, -0.15) is 0 Å². The molecular formula is C18H20N4O2. The molecule has 0 unspecified atom stereocenters. The zero-order valence-electron chi connectivity index (χ0n) is 13.3. The minimum atomic E-state index is -0.108. The molecule has 2 aliphatic heterocycles. The van der Waals surface area contributed by atoms with E-state index in [4.69, 9.17) is 4.74 Å². The van der Waals surface area contributed by atoms with Crippen LogP contribution in [0.5, 0.6) is 0 Å². The van der Waals surface area contributed by atoms with Crippen LogP contribution in [-0.2, 0) is 4.74 Å². The van der Waals surface area contributed by atoms with Crippen molar-refractivity contribution < 1.29 is 9.53 Å². The highest BCUT2D eigenvalue weighted by molar-refractivity contribution is 5.94. The number of hydrogen-bond acceptors (Lipinski definition) is 5. The van der Waals surface area contributed by atoms with Gasteiger partial charge in [0.2, 0.25) is 0 Å². The van der Waals surface area contributed by atoms with Gasteiger partial charge in [0.15, 0.2) is 0 Å². The molecule has 1 amide bonds. The lowest BCUT2D eigenvalue weighted by Gasteiger charge is -2.32. The number of nitrogens with one attached hydrogen (secondary N) is 1. The molecule has 2 aliphatic rings. The number of aromatic nitrogens is 2. The van der Waals surface area contributed by atoms with Crippen molar-refractivity contribution >= 4 is 11.7 Å². The maximum absolute atomic E-state index is 12.5. The van der Waals surface area contributed by atoms with Gasteiger partial charge in [-0.15, -0.1) is 0 Å². The zero-order valence-corrected chi connectivity index (χ0v) is 13.3. The van der Waals surface area contributed by atoms with E-state index in [1.54, 1.807) is 30.7 Å². The Morgan fingerprint density at radius 2 is 2.21 bits per heavy atom. The first-order chi connectivity index (χ1) is 11.8. The summed E-state index contributed by atoms with van der Waals surface area (Å²) >= 11 is 0. The molecule has 0 bridgehead atoms. The molecule has 1 N–H and O–H groups in total. The van der Waals surface area contributed by atoms with Crippen LogP contribution in [0, 0.1) is 0 Å². The third kappa shape index (κ3) is 2.85. The second kappa shape index (κ2) is 6.57. The van der Waals surface area contributed by atoms with Crippen molar-refractivity contribution in [2.24, 2.45) is 0 Å². The van der Waals surface area contributed by atoms with Gasteiger partial charge >= 0.3 is 0 Å². The standard InChI is InChI=1S/C18H20N4O2/c23-18(13-5-3-8-19-11-13)21-14-12-22(16-7-1-2-9-20-16)15-6-4-10-24-17(14)15/h1-3,5,7-9,11,14-15,17H,4,6,10,12H2,(H,21,23)/t14-,15+,17+/m1/s1. The first-order valence-corrected chi connectivity index (χ1v) is 8.33. The maximum Gasteiger partial charge on any atom is 0.253 e. The van der Waals surface area contributed by atoms with Crippen molar-refractivity contribution in [2.45, 2.75) is 31.0 Å². The quantitative estimate of drug-likeness (QED) is 0.930. The molecule has 24 heavy (non-hydrogen) atoms. The van der Waals surface area contributed by atoms with Crippen molar-refractivity contribution in [1.29, 1.82) is 0 Å². The lowest BCUT2D eigenvalue weighted by atomic mass is 10.0. The Morgan fingerprint density at radius 3 is 3.00 bits per heavy atom. The van der Waals surface area contributed by atoms with E-state index in [1.165, 1.54) is 0 Å². The summed E-state index contributed by atoms with van der Waals surface area (Å²) in [5.41, 5.74) is 0.571. The van der Waals surface area contributed by atoms with E-state index < -0.39 is 0 Å². The monoisotopic (exact) mass is 324 g/mol. The van der Waals surface area contributed by atoms with Crippen LogP contribution in [-0.4, -0.2) is 47.2 Å². The Balaban J connectivity index is 1.54. The number of amides is 1. The Hall–Kier alpha value is -2.47. The fraction of sp³-hybridized carbons (Fsp3) is 0.389. The SMILES string of the molecule is O=C(N[C@@H]1CN(c2ccccn2)[C@H]2CCCO[C@@H]12)c1cccnc1. The smallest absolute Gasteiger partial charge is 0.253 e. The molecule has 6 nitrogen and oxygen atoms in total. The van der Waals surface area contributed by atoms with E-state index in [0.29, 0.717) is 12.1 Å². The van der Waals surface area contributed by atoms with E-state index in [0.717, 1.165) is 25.3 Å². The summed E-state index contributed by atoms with van der Waals surface area (Å²) in [6.45, 7) is 1.45. The molecule has 0 spiro atoms. The molecule has 3 atom stereocenters. The highest BCUT2D eigenvalue weighted by Crippen LogP contribution is 2.32. The van der Waals surface area contributed by atoms with Crippen LogP contribution in [0.3, 0.4) is 0 Å². The summed E-state index contributed by atoms with van der Waals surface area (Å²) in [6, 6.07) is 9.66. The normalized spacial score (nSPS) is 26.0. The Kier molecular flexibility index (Phi) is 4.13. The summed E-state index contributed by atoms with van der Waals surface area (Å²) in [4.78, 5) is 23.2. The zero-order chi connectivity index (χ0) is 16.4. The third-order valence-corrected chi connectivity index (χ3v) is 4.71. The molecule has 2 aromatic rings. The second-order valence-electron chi connectivity index (χ2n) is 6.21. The van der Waals surface area contributed by atoms with Crippen LogP contribution in [0.25, 0.3) is 0 Å². The Labute approximate surface area is 140 Å². The lowest BCUT2D eigenvalue weighted by Crippen LogP contribution is -2.47. The number of anilines is 1. The van der Waals surface area contributed by atoms with Crippen LogP contribution in [0.2, 0.25) is 0 Å². The number of carbonyl (C=O) groups is 1. The number of carbonyl (C=O) groups excluding carboxylic acids is 1. The van der Waals surface area contributed by atoms with Gasteiger partial charge in [-0.1, -0.05) is 6.07 Å². The minimum Gasteiger partial charge on any atom is -0.374 e. The van der Waals surface area contributed by atoms with E-state index in [1.807, 2.05) is 18.2 Å². The van der Waals surface area contributed by atoms with Crippen molar-refractivity contribution in [2.75, 3.05) is 18.1 Å². The van der Waals surface area contributed by atoms with Crippen molar-refractivity contribution in [3.8, 4) is 0 Å². The first kappa shape index (κ1) is 15.1. The van der Waals surface area contributed by atoms with Crippen molar-refractivity contribution in [1.82, 2.24) is 15.3 Å². The van der Waals surface area contributed by atoms with E-state index in [2.05, 4.69) is 20.2 Å². The molecule has 0 radical (unpaired) electrons. The average Bonchev–Trinajstić information content (AvgIpc) is 3.02. The van der Waals surface area contributed by atoms with Gasteiger partial charge in [0.1, 0.15) is 5.82 Å². The van der Waals surface area contributed by atoms with E-state index in [9.17, 15) is 4.79 Å². The number of fused-ring (bicyclic) bond motifs is 1. The fourth-order valence-electron chi connectivity index (χ4n) is 3.62. The minimum absolute atomic E-state index is 0.00128. The van der Waals surface area contributed by atoms with E-state index >= 15 is 0 Å². The molecule has 0 aromatic carbocycles. The Bertz CT molecular complexity index is 695. The number of rotatable bonds is 3. The van der Waals surface area contributed by atoms with Crippen LogP contribution in [0.1, 0.15) is 23.2 Å². The lowest BCUT2D eigenvalue weighted by molar-refractivity contribution is 0.000691. The van der Waals surface area contributed by atoms with Crippen molar-refractivity contribution in [3.63, 3.8) is 0 Å². The van der Waals surface area contributed by atoms with Gasteiger partial charge in [-0.05, 0) is 37.1 Å². The molecular weight excluding hydrogens is 304 g/mol. The predicted octanol–water partition coefficient (Wildman–Crippen LogP) is 1.64. The van der Waals surface area contributed by atoms with Gasteiger partial charge in [0, 0.05) is 31.7 Å². The van der Waals surface area contributed by atoms with Gasteiger partial charge in [-0.3, -0.25) is 9.78 Å². The number of hydrogen-bond donors (Lipinski definition) is 1. The molecule has 2 aromatic heterocycles. The molecule has 6 heteroatoms. The summed E-state index contributed by atoms with van der Waals surface area (Å²) in [7, 11) is 0. The highest BCUT2D eigenvalue weighted by atomic mass is 16.5. The van der Waals surface area contributed by atoms with Crippen LogP contribution < -0.4 is 10.2 Å². The van der Waals surface area contributed by atoms with Crippen molar-refractivity contribution in [3.05, 3.63) is 54.5 Å². The maximum atomic E-state index is 12.5. The molecule has 2 fully saturated rings. The number of nitrogens with zero attached hydrogens (tertiary/aromatic N) is 3. The van der Waals surface area contributed by atoms with Gasteiger partial charge in [0.25, 0.3) is 5.91 Å². The molecule has 4 rings (SSSR count). The number of ether oxygens (including phenoxy) is 1. The second-order valence-corrected chi connectivity index (χ2v) is 6.21. The molecule has 0 aliphatic carbocycles. The average molecular weight is 324 g/mol. The van der Waals surface area contributed by atoms with Gasteiger partial charge < -0.3 is 15.0 Å². The highest BCUT2D eigenvalue weighted by Gasteiger charge is 2.45. The molecule has 4 heterocycles. The largest absolute Gasteiger partial charge is 0.374 e. The summed E-state index contributed by atoms with van der Waals surface area (Å²) < 4.78 is 6.00. The number of pyridine rings is 2.